The van der Waals surface area contributed by atoms with Crippen LogP contribution < -0.4 is 11.1 Å². The van der Waals surface area contributed by atoms with Gasteiger partial charge in [-0.2, -0.15) is 0 Å². The molecule has 18 heavy (non-hydrogen) atoms. The fourth-order valence-corrected chi connectivity index (χ4v) is 2.25. The van der Waals surface area contributed by atoms with Gasteiger partial charge in [-0.05, 0) is 12.1 Å². The lowest BCUT2D eigenvalue weighted by molar-refractivity contribution is 0.0954. The summed E-state index contributed by atoms with van der Waals surface area (Å²) in [7, 11) is 0. The normalized spacial score (nSPS) is 10.3. The van der Waals surface area contributed by atoms with Crippen molar-refractivity contribution in [2.75, 3.05) is 12.3 Å². The molecule has 0 saturated carbocycles. The summed E-state index contributed by atoms with van der Waals surface area (Å²) in [6, 6.07) is 2.97. The molecule has 0 radical (unpaired) electrons. The first-order chi connectivity index (χ1) is 8.65. The van der Waals surface area contributed by atoms with Crippen molar-refractivity contribution in [3.8, 4) is 0 Å². The van der Waals surface area contributed by atoms with Gasteiger partial charge in [0.25, 0.3) is 5.91 Å². The van der Waals surface area contributed by atoms with Gasteiger partial charge in [0.2, 0.25) is 0 Å². The zero-order valence-corrected chi connectivity index (χ0v) is 11.0. The molecule has 2 aromatic rings. The maximum absolute atomic E-state index is 11.8. The Morgan fingerprint density at radius 2 is 2.33 bits per heavy atom. The van der Waals surface area contributed by atoms with Gasteiger partial charge >= 0.3 is 0 Å². The zero-order chi connectivity index (χ0) is 13.0. The van der Waals surface area contributed by atoms with E-state index in [2.05, 4.69) is 15.3 Å². The molecular weight excluding hydrogens is 272 g/mol. The van der Waals surface area contributed by atoms with Crippen molar-refractivity contribution < 1.29 is 4.79 Å². The number of hydrogen-bond donors (Lipinski definition) is 2. The monoisotopic (exact) mass is 282 g/mol. The Labute approximate surface area is 113 Å². The number of pyridine rings is 1. The first-order valence-corrected chi connectivity index (χ1v) is 6.50. The fraction of sp³-hybridized carbons (Fsp3) is 0.182. The van der Waals surface area contributed by atoms with Crippen molar-refractivity contribution in [1.82, 2.24) is 15.3 Å². The minimum atomic E-state index is -0.220. The van der Waals surface area contributed by atoms with Crippen LogP contribution in [0.3, 0.4) is 0 Å². The van der Waals surface area contributed by atoms with Gasteiger partial charge < -0.3 is 11.1 Å². The minimum absolute atomic E-state index is 0.208. The summed E-state index contributed by atoms with van der Waals surface area (Å²) >= 11 is 7.29. The molecule has 2 aromatic heterocycles. The maximum Gasteiger partial charge on any atom is 0.251 e. The van der Waals surface area contributed by atoms with Crippen molar-refractivity contribution >= 4 is 34.7 Å². The van der Waals surface area contributed by atoms with Crippen molar-refractivity contribution in [1.29, 1.82) is 0 Å². The SMILES string of the molecule is Nc1cc(C(=O)NCCc2nccs2)cc(Cl)n1. The van der Waals surface area contributed by atoms with Gasteiger partial charge in [-0.3, -0.25) is 4.79 Å². The van der Waals surface area contributed by atoms with Crippen LogP contribution >= 0.6 is 22.9 Å². The van der Waals surface area contributed by atoms with Crippen LogP contribution in [-0.4, -0.2) is 22.4 Å². The van der Waals surface area contributed by atoms with Crippen LogP contribution in [-0.2, 0) is 6.42 Å². The van der Waals surface area contributed by atoms with E-state index in [0.717, 1.165) is 5.01 Å². The molecule has 0 aliphatic heterocycles. The average Bonchev–Trinajstić information content (AvgIpc) is 2.80. The fourth-order valence-electron chi connectivity index (χ4n) is 1.41. The molecular formula is C11H11ClN4OS. The summed E-state index contributed by atoms with van der Waals surface area (Å²) in [5.74, 6) is 0.00938. The lowest BCUT2D eigenvalue weighted by atomic mass is 10.2. The molecule has 0 aliphatic rings. The molecule has 0 spiro atoms. The highest BCUT2D eigenvalue weighted by Gasteiger charge is 2.08. The number of nitrogen functional groups attached to an aromatic ring is 1. The molecule has 0 fully saturated rings. The highest BCUT2D eigenvalue weighted by Crippen LogP contribution is 2.12. The van der Waals surface area contributed by atoms with E-state index in [4.69, 9.17) is 17.3 Å². The van der Waals surface area contributed by atoms with E-state index >= 15 is 0 Å². The van der Waals surface area contributed by atoms with E-state index in [0.29, 0.717) is 18.5 Å². The molecule has 94 valence electrons. The largest absolute Gasteiger partial charge is 0.384 e. The summed E-state index contributed by atoms with van der Waals surface area (Å²) in [4.78, 5) is 19.7. The molecule has 2 heterocycles. The number of aromatic nitrogens is 2. The maximum atomic E-state index is 11.8. The molecule has 0 bridgehead atoms. The van der Waals surface area contributed by atoms with Gasteiger partial charge in [-0.15, -0.1) is 11.3 Å². The molecule has 0 saturated heterocycles. The van der Waals surface area contributed by atoms with Crippen LogP contribution in [0.5, 0.6) is 0 Å². The molecule has 0 unspecified atom stereocenters. The lowest BCUT2D eigenvalue weighted by Crippen LogP contribution is -2.25. The lowest BCUT2D eigenvalue weighted by Gasteiger charge is -2.05. The number of nitrogens with zero attached hydrogens (tertiary/aromatic N) is 2. The van der Waals surface area contributed by atoms with Crippen LogP contribution in [0.1, 0.15) is 15.4 Å². The number of halogens is 1. The van der Waals surface area contributed by atoms with Gasteiger partial charge in [0, 0.05) is 30.1 Å². The van der Waals surface area contributed by atoms with Crippen molar-refractivity contribution in [3.63, 3.8) is 0 Å². The number of thiazole rings is 1. The molecule has 0 atom stereocenters. The highest BCUT2D eigenvalue weighted by atomic mass is 35.5. The molecule has 3 N–H and O–H groups in total. The summed E-state index contributed by atoms with van der Waals surface area (Å²) in [5, 5.41) is 5.88. The standard InChI is InChI=1S/C11H11ClN4OS/c12-8-5-7(6-9(13)16-8)11(17)15-2-1-10-14-3-4-18-10/h3-6H,1-2H2,(H2,13,16)(H,15,17). The second-order valence-corrected chi connectivity index (χ2v) is 4.90. The summed E-state index contributed by atoms with van der Waals surface area (Å²) < 4.78 is 0. The number of nitrogens with two attached hydrogens (primary N) is 1. The van der Waals surface area contributed by atoms with Gasteiger partial charge in [-0.1, -0.05) is 11.6 Å². The number of amides is 1. The predicted octanol–water partition coefficient (Wildman–Crippen LogP) is 1.75. The van der Waals surface area contributed by atoms with E-state index in [-0.39, 0.29) is 16.9 Å². The second-order valence-electron chi connectivity index (χ2n) is 3.54. The quantitative estimate of drug-likeness (QED) is 0.837. The predicted molar refractivity (Wildman–Crippen MR) is 71.8 cm³/mol. The molecule has 1 amide bonds. The van der Waals surface area contributed by atoms with Gasteiger partial charge in [-0.25, -0.2) is 9.97 Å². The summed E-state index contributed by atoms with van der Waals surface area (Å²) in [6.07, 6.45) is 2.45. The Hall–Kier alpha value is -1.66. The van der Waals surface area contributed by atoms with Crippen molar-refractivity contribution in [3.05, 3.63) is 39.4 Å². The number of nitrogens with one attached hydrogen (secondary N) is 1. The third-order valence-corrected chi connectivity index (χ3v) is 3.22. The Morgan fingerprint density at radius 1 is 1.50 bits per heavy atom. The number of hydrogen-bond acceptors (Lipinski definition) is 5. The van der Waals surface area contributed by atoms with E-state index in [9.17, 15) is 4.79 Å². The van der Waals surface area contributed by atoms with Crippen LogP contribution in [0.25, 0.3) is 0 Å². The number of anilines is 1. The van der Waals surface area contributed by atoms with E-state index in [1.807, 2.05) is 5.38 Å². The molecule has 7 heteroatoms. The smallest absolute Gasteiger partial charge is 0.251 e. The van der Waals surface area contributed by atoms with Gasteiger partial charge in [0.15, 0.2) is 0 Å². The van der Waals surface area contributed by atoms with Crippen LogP contribution in [0.15, 0.2) is 23.7 Å². The van der Waals surface area contributed by atoms with Crippen molar-refractivity contribution in [2.45, 2.75) is 6.42 Å². The number of carbonyl (C=O) groups is 1. The first kappa shape index (κ1) is 12.8. The Balaban J connectivity index is 1.91. The Kier molecular flexibility index (Phi) is 4.11. The average molecular weight is 283 g/mol. The van der Waals surface area contributed by atoms with E-state index in [1.165, 1.54) is 12.1 Å². The highest BCUT2D eigenvalue weighted by molar-refractivity contribution is 7.09. The van der Waals surface area contributed by atoms with Crippen LogP contribution in [0.4, 0.5) is 5.82 Å². The number of rotatable bonds is 4. The Morgan fingerprint density at radius 3 is 3.00 bits per heavy atom. The summed E-state index contributed by atoms with van der Waals surface area (Å²) in [5.41, 5.74) is 5.93. The number of carbonyl (C=O) groups excluding carboxylic acids is 1. The molecule has 5 nitrogen and oxygen atoms in total. The van der Waals surface area contributed by atoms with E-state index in [1.54, 1.807) is 17.5 Å². The zero-order valence-electron chi connectivity index (χ0n) is 9.39. The van der Waals surface area contributed by atoms with E-state index < -0.39 is 0 Å². The third-order valence-electron chi connectivity index (χ3n) is 2.18. The summed E-state index contributed by atoms with van der Waals surface area (Å²) in [6.45, 7) is 0.520. The van der Waals surface area contributed by atoms with Crippen LogP contribution in [0, 0.1) is 0 Å². The molecule has 2 rings (SSSR count). The topological polar surface area (TPSA) is 80.9 Å². The second kappa shape index (κ2) is 5.79. The molecule has 0 aliphatic carbocycles. The molecule has 0 aromatic carbocycles. The first-order valence-electron chi connectivity index (χ1n) is 5.25. The van der Waals surface area contributed by atoms with Crippen LogP contribution in [0.2, 0.25) is 5.15 Å². The van der Waals surface area contributed by atoms with Gasteiger partial charge in [0.1, 0.15) is 11.0 Å². The minimum Gasteiger partial charge on any atom is -0.384 e. The third kappa shape index (κ3) is 3.41. The van der Waals surface area contributed by atoms with Crippen molar-refractivity contribution in [2.24, 2.45) is 0 Å². The van der Waals surface area contributed by atoms with Gasteiger partial charge in [0.05, 0.1) is 5.01 Å². The Bertz CT molecular complexity index is 524.